The van der Waals surface area contributed by atoms with Gasteiger partial charge in [0.2, 0.25) is 5.91 Å². The minimum absolute atomic E-state index is 0. The molecule has 1 aliphatic heterocycles. The molecule has 1 heterocycles. The molecule has 5 heteroatoms. The second-order valence-electron chi connectivity index (χ2n) is 4.55. The van der Waals surface area contributed by atoms with Gasteiger partial charge in [-0.1, -0.05) is 6.08 Å². The van der Waals surface area contributed by atoms with E-state index in [9.17, 15) is 4.79 Å². The third-order valence-corrected chi connectivity index (χ3v) is 3.02. The fraction of sp³-hybridized carbons (Fsp3) is 0.769. The van der Waals surface area contributed by atoms with Gasteiger partial charge in [-0.25, -0.2) is 0 Å². The highest BCUT2D eigenvalue weighted by Gasteiger charge is 2.17. The third-order valence-electron chi connectivity index (χ3n) is 3.02. The molecule has 2 atom stereocenters. The van der Waals surface area contributed by atoms with Crippen LogP contribution in [0.2, 0.25) is 0 Å². The van der Waals surface area contributed by atoms with E-state index in [1.807, 2.05) is 0 Å². The maximum absolute atomic E-state index is 11.7. The van der Waals surface area contributed by atoms with Gasteiger partial charge < -0.3 is 15.4 Å². The predicted octanol–water partition coefficient (Wildman–Crippen LogP) is 1.51. The van der Waals surface area contributed by atoms with Crippen LogP contribution in [0.5, 0.6) is 0 Å². The number of nitrogens with one attached hydrogen (secondary N) is 2. The monoisotopic (exact) mass is 276 g/mol. The Morgan fingerprint density at radius 1 is 1.67 bits per heavy atom. The molecule has 0 aromatic heterocycles. The van der Waals surface area contributed by atoms with Crippen LogP contribution in [0.25, 0.3) is 0 Å². The number of amides is 1. The summed E-state index contributed by atoms with van der Waals surface area (Å²) in [5, 5.41) is 6.29. The summed E-state index contributed by atoms with van der Waals surface area (Å²) in [5.41, 5.74) is 0. The average molecular weight is 277 g/mol. The zero-order valence-corrected chi connectivity index (χ0v) is 11.9. The van der Waals surface area contributed by atoms with Gasteiger partial charge in [-0.15, -0.1) is 19.0 Å². The standard InChI is InChI=1S/C13H24N2O2.ClH/c1-3-4-8-17-11(2)13(16)15-10-12-6-5-7-14-9-12;/h3,11-12,14H,1,4-10H2,2H3,(H,15,16);1H. The number of rotatable bonds is 7. The second kappa shape index (κ2) is 10.4. The minimum Gasteiger partial charge on any atom is -0.368 e. The fourth-order valence-corrected chi connectivity index (χ4v) is 1.89. The lowest BCUT2D eigenvalue weighted by Crippen LogP contribution is -2.41. The van der Waals surface area contributed by atoms with E-state index >= 15 is 0 Å². The molecule has 18 heavy (non-hydrogen) atoms. The topological polar surface area (TPSA) is 50.4 Å². The smallest absolute Gasteiger partial charge is 0.248 e. The number of piperidine rings is 1. The van der Waals surface area contributed by atoms with Gasteiger partial charge in [0.05, 0.1) is 6.61 Å². The van der Waals surface area contributed by atoms with Gasteiger partial charge in [0, 0.05) is 6.54 Å². The first-order chi connectivity index (χ1) is 8.24. The molecule has 2 unspecified atom stereocenters. The second-order valence-corrected chi connectivity index (χ2v) is 4.55. The third kappa shape index (κ3) is 6.99. The molecule has 4 nitrogen and oxygen atoms in total. The van der Waals surface area contributed by atoms with Crippen LogP contribution in [-0.2, 0) is 9.53 Å². The van der Waals surface area contributed by atoms with Gasteiger partial charge in [-0.2, -0.15) is 0 Å². The summed E-state index contributed by atoms with van der Waals surface area (Å²) in [6, 6.07) is 0. The highest BCUT2D eigenvalue weighted by molar-refractivity contribution is 5.85. The summed E-state index contributed by atoms with van der Waals surface area (Å²) in [4.78, 5) is 11.7. The van der Waals surface area contributed by atoms with Crippen LogP contribution < -0.4 is 10.6 Å². The van der Waals surface area contributed by atoms with Crippen molar-refractivity contribution >= 4 is 18.3 Å². The van der Waals surface area contributed by atoms with Gasteiger partial charge in [0.25, 0.3) is 0 Å². The van der Waals surface area contributed by atoms with Crippen LogP contribution in [0, 0.1) is 5.92 Å². The van der Waals surface area contributed by atoms with E-state index in [1.165, 1.54) is 12.8 Å². The predicted molar refractivity (Wildman–Crippen MR) is 76.1 cm³/mol. The SMILES string of the molecule is C=CCCOC(C)C(=O)NCC1CCCNC1.Cl. The molecule has 0 bridgehead atoms. The molecule has 1 aliphatic rings. The lowest BCUT2D eigenvalue weighted by atomic mass is 10.00. The van der Waals surface area contributed by atoms with Gasteiger partial charge in [-0.3, -0.25) is 4.79 Å². The minimum atomic E-state index is -0.369. The molecule has 106 valence electrons. The number of hydrogen-bond acceptors (Lipinski definition) is 3. The van der Waals surface area contributed by atoms with E-state index in [-0.39, 0.29) is 24.4 Å². The van der Waals surface area contributed by atoms with Crippen LogP contribution in [0.15, 0.2) is 12.7 Å². The Hall–Kier alpha value is -0.580. The Morgan fingerprint density at radius 2 is 2.44 bits per heavy atom. The van der Waals surface area contributed by atoms with E-state index in [0.717, 1.165) is 26.1 Å². The molecule has 0 radical (unpaired) electrons. The first-order valence-electron chi connectivity index (χ1n) is 6.45. The lowest BCUT2D eigenvalue weighted by Gasteiger charge is -2.23. The highest BCUT2D eigenvalue weighted by Crippen LogP contribution is 2.08. The summed E-state index contributed by atoms with van der Waals surface area (Å²) in [7, 11) is 0. The molecule has 0 aromatic rings. The fourth-order valence-electron chi connectivity index (χ4n) is 1.89. The zero-order valence-electron chi connectivity index (χ0n) is 11.1. The van der Waals surface area contributed by atoms with Crippen LogP contribution in [0.3, 0.4) is 0 Å². The first-order valence-corrected chi connectivity index (χ1v) is 6.45. The van der Waals surface area contributed by atoms with Gasteiger partial charge >= 0.3 is 0 Å². The Balaban J connectivity index is 0.00000289. The number of halogens is 1. The summed E-state index contributed by atoms with van der Waals surface area (Å²) in [6.45, 7) is 8.82. The molecule has 1 rings (SSSR count). The summed E-state index contributed by atoms with van der Waals surface area (Å²) in [5.74, 6) is 0.549. The van der Waals surface area contributed by atoms with E-state index in [4.69, 9.17) is 4.74 Å². The summed E-state index contributed by atoms with van der Waals surface area (Å²) >= 11 is 0. The van der Waals surface area contributed by atoms with E-state index < -0.39 is 0 Å². The van der Waals surface area contributed by atoms with Crippen LogP contribution in [0.4, 0.5) is 0 Å². The quantitative estimate of drug-likeness (QED) is 0.547. The molecule has 0 aliphatic carbocycles. The molecule has 1 amide bonds. The largest absolute Gasteiger partial charge is 0.368 e. The van der Waals surface area contributed by atoms with Gasteiger partial charge in [0.1, 0.15) is 6.10 Å². The Labute approximate surface area is 116 Å². The summed E-state index contributed by atoms with van der Waals surface area (Å²) < 4.78 is 5.39. The van der Waals surface area contributed by atoms with Crippen molar-refractivity contribution in [2.75, 3.05) is 26.2 Å². The number of hydrogen-bond donors (Lipinski definition) is 2. The van der Waals surface area contributed by atoms with Crippen LogP contribution in [-0.4, -0.2) is 38.3 Å². The Kier molecular flexibility index (Phi) is 10.0. The zero-order chi connectivity index (χ0) is 12.5. The first kappa shape index (κ1) is 17.4. The molecule has 1 fully saturated rings. The van der Waals surface area contributed by atoms with Crippen molar-refractivity contribution in [1.29, 1.82) is 0 Å². The number of ether oxygens (including phenoxy) is 1. The highest BCUT2D eigenvalue weighted by atomic mass is 35.5. The number of carbonyl (C=O) groups is 1. The van der Waals surface area contributed by atoms with Crippen LogP contribution >= 0.6 is 12.4 Å². The molecule has 0 aromatic carbocycles. The average Bonchev–Trinajstić information content (AvgIpc) is 2.37. The van der Waals surface area contributed by atoms with E-state index in [1.54, 1.807) is 13.0 Å². The maximum atomic E-state index is 11.7. The number of carbonyl (C=O) groups excluding carboxylic acids is 1. The van der Waals surface area contributed by atoms with Crippen molar-refractivity contribution in [1.82, 2.24) is 10.6 Å². The van der Waals surface area contributed by atoms with Crippen molar-refractivity contribution in [2.24, 2.45) is 5.92 Å². The molecule has 0 saturated carbocycles. The molecule has 2 N–H and O–H groups in total. The normalized spacial score (nSPS) is 20.6. The van der Waals surface area contributed by atoms with Crippen molar-refractivity contribution in [3.8, 4) is 0 Å². The Morgan fingerprint density at radius 3 is 3.06 bits per heavy atom. The molecular weight excluding hydrogens is 252 g/mol. The molecule has 0 spiro atoms. The lowest BCUT2D eigenvalue weighted by molar-refractivity contribution is -0.131. The van der Waals surface area contributed by atoms with Crippen LogP contribution in [0.1, 0.15) is 26.2 Å². The molecular formula is C13H25ClN2O2. The Bertz CT molecular complexity index is 243. The maximum Gasteiger partial charge on any atom is 0.248 e. The molecule has 1 saturated heterocycles. The van der Waals surface area contributed by atoms with E-state index in [2.05, 4.69) is 17.2 Å². The van der Waals surface area contributed by atoms with Crippen molar-refractivity contribution in [3.63, 3.8) is 0 Å². The van der Waals surface area contributed by atoms with E-state index in [0.29, 0.717) is 12.5 Å². The van der Waals surface area contributed by atoms with Crippen molar-refractivity contribution in [3.05, 3.63) is 12.7 Å². The van der Waals surface area contributed by atoms with Gasteiger partial charge in [0.15, 0.2) is 0 Å². The van der Waals surface area contributed by atoms with Crippen molar-refractivity contribution in [2.45, 2.75) is 32.3 Å². The summed E-state index contributed by atoms with van der Waals surface area (Å²) in [6.07, 6.45) is 4.60. The van der Waals surface area contributed by atoms with Gasteiger partial charge in [-0.05, 0) is 45.2 Å². The van der Waals surface area contributed by atoms with Crippen molar-refractivity contribution < 1.29 is 9.53 Å².